The number of aromatic nitrogens is 1. The van der Waals surface area contributed by atoms with Crippen molar-refractivity contribution in [3.63, 3.8) is 0 Å². The number of halogens is 1. The highest BCUT2D eigenvalue weighted by atomic mass is 127. The maximum absolute atomic E-state index is 5.68. The van der Waals surface area contributed by atoms with Crippen molar-refractivity contribution in [2.24, 2.45) is 5.73 Å². The number of rotatable bonds is 2. The Hall–Kier alpha value is -0.420. The molecule has 0 amide bonds. The summed E-state index contributed by atoms with van der Waals surface area (Å²) in [6.07, 6.45) is 3.47. The van der Waals surface area contributed by atoms with Crippen molar-refractivity contribution in [2.75, 3.05) is 0 Å². The lowest BCUT2D eigenvalue weighted by molar-refractivity contribution is 0.901. The van der Waals surface area contributed by atoms with E-state index in [9.17, 15) is 0 Å². The van der Waals surface area contributed by atoms with E-state index < -0.39 is 0 Å². The molecule has 3 heteroatoms. The molecule has 11 heavy (non-hydrogen) atoms. The van der Waals surface area contributed by atoms with Crippen LogP contribution in [-0.4, -0.2) is 4.98 Å². The first kappa shape index (κ1) is 8.67. The smallest absolute Gasteiger partial charge is 0.101 e. The minimum Gasteiger partial charge on any atom is -0.321 e. The fourth-order valence-electron chi connectivity index (χ4n) is 0.721. The summed E-state index contributed by atoms with van der Waals surface area (Å²) in [6.45, 7) is 3.60. The molecule has 1 aromatic rings. The summed E-state index contributed by atoms with van der Waals surface area (Å²) in [5, 5.41) is 0. The molecule has 0 bridgehead atoms. The monoisotopic (exact) mass is 260 g/mol. The lowest BCUT2D eigenvalue weighted by Gasteiger charge is -2.04. The maximum atomic E-state index is 5.68. The van der Waals surface area contributed by atoms with Gasteiger partial charge in [0.25, 0.3) is 0 Å². The molecule has 1 rings (SSSR count). The van der Waals surface area contributed by atoms with Gasteiger partial charge >= 0.3 is 0 Å². The van der Waals surface area contributed by atoms with Crippen molar-refractivity contribution in [3.05, 3.63) is 40.2 Å². The minimum atomic E-state index is -0.0977. The fraction of sp³-hybridized carbons (Fsp3) is 0.125. The number of hydrogen-bond donors (Lipinski definition) is 1. The first-order chi connectivity index (χ1) is 5.24. The largest absolute Gasteiger partial charge is 0.321 e. The molecule has 1 atom stereocenters. The lowest BCUT2D eigenvalue weighted by Crippen LogP contribution is -2.06. The third-order valence-corrected chi connectivity index (χ3v) is 2.03. The van der Waals surface area contributed by atoms with E-state index in [0.29, 0.717) is 0 Å². The van der Waals surface area contributed by atoms with Crippen LogP contribution in [0.15, 0.2) is 31.0 Å². The average molecular weight is 260 g/mol. The molecule has 0 spiro atoms. The van der Waals surface area contributed by atoms with Gasteiger partial charge < -0.3 is 5.73 Å². The Morgan fingerprint density at radius 1 is 1.64 bits per heavy atom. The van der Waals surface area contributed by atoms with Gasteiger partial charge in [0.05, 0.1) is 0 Å². The molecular formula is C8H9IN2. The Morgan fingerprint density at radius 2 is 2.36 bits per heavy atom. The molecule has 1 aromatic heterocycles. The zero-order valence-electron chi connectivity index (χ0n) is 6.00. The van der Waals surface area contributed by atoms with Crippen molar-refractivity contribution < 1.29 is 0 Å². The van der Waals surface area contributed by atoms with E-state index >= 15 is 0 Å². The van der Waals surface area contributed by atoms with Gasteiger partial charge in [-0.3, -0.25) is 0 Å². The normalized spacial score (nSPS) is 12.5. The van der Waals surface area contributed by atoms with E-state index in [4.69, 9.17) is 5.73 Å². The van der Waals surface area contributed by atoms with E-state index in [1.54, 1.807) is 12.3 Å². The zero-order chi connectivity index (χ0) is 8.27. The Labute approximate surface area is 79.7 Å². The highest BCUT2D eigenvalue weighted by Crippen LogP contribution is 2.10. The predicted molar refractivity (Wildman–Crippen MR) is 54.1 cm³/mol. The Bertz CT molecular complexity index is 243. The van der Waals surface area contributed by atoms with Gasteiger partial charge in [-0.05, 0) is 34.2 Å². The molecular weight excluding hydrogens is 251 g/mol. The molecule has 0 fully saturated rings. The van der Waals surface area contributed by atoms with Crippen molar-refractivity contribution in [1.29, 1.82) is 0 Å². The Balaban J connectivity index is 2.89. The molecule has 0 unspecified atom stereocenters. The average Bonchev–Trinajstić information content (AvgIpc) is 2.05. The number of hydrogen-bond acceptors (Lipinski definition) is 2. The van der Waals surface area contributed by atoms with Crippen LogP contribution < -0.4 is 5.73 Å². The molecule has 0 aliphatic carbocycles. The van der Waals surface area contributed by atoms with Crippen molar-refractivity contribution >= 4 is 22.6 Å². The summed E-state index contributed by atoms with van der Waals surface area (Å²) < 4.78 is 0.975. The van der Waals surface area contributed by atoms with Gasteiger partial charge in [-0.15, -0.1) is 6.58 Å². The Morgan fingerprint density at radius 3 is 2.82 bits per heavy atom. The van der Waals surface area contributed by atoms with Crippen LogP contribution in [-0.2, 0) is 0 Å². The molecule has 0 saturated heterocycles. The summed E-state index contributed by atoms with van der Waals surface area (Å²) in [5.74, 6) is 0. The van der Waals surface area contributed by atoms with Crippen LogP contribution in [0.1, 0.15) is 11.6 Å². The Kier molecular flexibility index (Phi) is 3.02. The van der Waals surface area contributed by atoms with Crippen LogP contribution in [0.3, 0.4) is 0 Å². The van der Waals surface area contributed by atoms with Crippen molar-refractivity contribution in [1.82, 2.24) is 4.98 Å². The lowest BCUT2D eigenvalue weighted by atomic mass is 10.1. The summed E-state index contributed by atoms with van der Waals surface area (Å²) in [6, 6.07) is 3.79. The van der Waals surface area contributed by atoms with Crippen LogP contribution in [0, 0.1) is 3.70 Å². The van der Waals surface area contributed by atoms with Gasteiger partial charge in [0.15, 0.2) is 0 Å². The molecule has 58 valence electrons. The third kappa shape index (κ3) is 2.27. The molecule has 0 radical (unpaired) electrons. The molecule has 0 aliphatic heterocycles. The minimum absolute atomic E-state index is 0.0977. The number of pyridine rings is 1. The van der Waals surface area contributed by atoms with Crippen molar-refractivity contribution in [3.8, 4) is 0 Å². The second kappa shape index (κ2) is 3.82. The van der Waals surface area contributed by atoms with E-state index in [2.05, 4.69) is 34.2 Å². The van der Waals surface area contributed by atoms with E-state index in [0.717, 1.165) is 9.26 Å². The van der Waals surface area contributed by atoms with Crippen LogP contribution in [0.4, 0.5) is 0 Å². The standard InChI is InChI=1S/C8H9IN2/c1-2-7(10)6-3-4-8(9)11-5-6/h2-5,7H,1,10H2/t7-/m1/s1. The topological polar surface area (TPSA) is 38.9 Å². The summed E-state index contributed by atoms with van der Waals surface area (Å²) in [5.41, 5.74) is 6.68. The molecule has 0 aliphatic rings. The van der Waals surface area contributed by atoms with Gasteiger partial charge in [0, 0.05) is 12.2 Å². The van der Waals surface area contributed by atoms with Crippen LogP contribution >= 0.6 is 22.6 Å². The van der Waals surface area contributed by atoms with Crippen LogP contribution in [0.25, 0.3) is 0 Å². The highest BCUT2D eigenvalue weighted by molar-refractivity contribution is 14.1. The second-order valence-corrected chi connectivity index (χ2v) is 3.28. The SMILES string of the molecule is C=C[C@@H](N)c1ccc(I)nc1. The third-order valence-electron chi connectivity index (χ3n) is 1.39. The van der Waals surface area contributed by atoms with Crippen LogP contribution in [0.5, 0.6) is 0 Å². The molecule has 2 nitrogen and oxygen atoms in total. The summed E-state index contributed by atoms with van der Waals surface area (Å²) in [4.78, 5) is 4.11. The zero-order valence-corrected chi connectivity index (χ0v) is 8.15. The molecule has 1 heterocycles. The predicted octanol–water partition coefficient (Wildman–Crippen LogP) is 1.87. The molecule has 0 saturated carbocycles. The highest BCUT2D eigenvalue weighted by Gasteiger charge is 1.99. The summed E-state index contributed by atoms with van der Waals surface area (Å²) >= 11 is 2.15. The summed E-state index contributed by atoms with van der Waals surface area (Å²) in [7, 11) is 0. The fourth-order valence-corrected chi connectivity index (χ4v) is 1.04. The number of nitrogens with two attached hydrogens (primary N) is 1. The van der Waals surface area contributed by atoms with Gasteiger partial charge in [0.2, 0.25) is 0 Å². The first-order valence-corrected chi connectivity index (χ1v) is 4.31. The van der Waals surface area contributed by atoms with Gasteiger partial charge in [-0.25, -0.2) is 4.98 Å². The van der Waals surface area contributed by atoms with Gasteiger partial charge in [0.1, 0.15) is 3.70 Å². The van der Waals surface area contributed by atoms with E-state index in [1.165, 1.54) is 0 Å². The van der Waals surface area contributed by atoms with Gasteiger partial charge in [-0.1, -0.05) is 12.1 Å². The quantitative estimate of drug-likeness (QED) is 0.501. The van der Waals surface area contributed by atoms with Crippen molar-refractivity contribution in [2.45, 2.75) is 6.04 Å². The van der Waals surface area contributed by atoms with Crippen LogP contribution in [0.2, 0.25) is 0 Å². The van der Waals surface area contributed by atoms with E-state index in [1.807, 2.05) is 12.1 Å². The number of nitrogens with zero attached hydrogens (tertiary/aromatic N) is 1. The molecule has 2 N–H and O–H groups in total. The first-order valence-electron chi connectivity index (χ1n) is 3.23. The van der Waals surface area contributed by atoms with Gasteiger partial charge in [-0.2, -0.15) is 0 Å². The maximum Gasteiger partial charge on any atom is 0.101 e. The van der Waals surface area contributed by atoms with E-state index in [-0.39, 0.29) is 6.04 Å². The second-order valence-electron chi connectivity index (χ2n) is 2.18. The molecule has 0 aromatic carbocycles.